The van der Waals surface area contributed by atoms with Gasteiger partial charge in [-0.2, -0.15) is 0 Å². The van der Waals surface area contributed by atoms with E-state index >= 15 is 0 Å². The molecule has 2 rings (SSSR count). The molecule has 0 spiro atoms. The SMILES string of the molecule is CC(Nc1cc(NC2CC2)ncn1)C(=O)O. The molecule has 1 aliphatic rings. The maximum Gasteiger partial charge on any atom is 0.325 e. The number of carbonyl (C=O) groups is 1. The Hall–Kier alpha value is -1.85. The molecule has 3 N–H and O–H groups in total. The molecule has 6 nitrogen and oxygen atoms in total. The van der Waals surface area contributed by atoms with Crippen molar-refractivity contribution in [2.75, 3.05) is 10.6 Å². The minimum atomic E-state index is -0.907. The quantitative estimate of drug-likeness (QED) is 0.687. The molecule has 86 valence electrons. The van der Waals surface area contributed by atoms with Crippen molar-refractivity contribution in [3.63, 3.8) is 0 Å². The van der Waals surface area contributed by atoms with Gasteiger partial charge in [-0.1, -0.05) is 0 Å². The van der Waals surface area contributed by atoms with Crippen LogP contribution in [0.2, 0.25) is 0 Å². The molecule has 1 aromatic rings. The molecule has 0 radical (unpaired) electrons. The number of carboxylic acids is 1. The lowest BCUT2D eigenvalue weighted by Gasteiger charge is -2.10. The first-order valence-electron chi connectivity index (χ1n) is 5.23. The maximum absolute atomic E-state index is 10.7. The van der Waals surface area contributed by atoms with Gasteiger partial charge in [0.05, 0.1) is 0 Å². The summed E-state index contributed by atoms with van der Waals surface area (Å²) in [6.45, 7) is 1.57. The van der Waals surface area contributed by atoms with Crippen molar-refractivity contribution in [2.24, 2.45) is 0 Å². The smallest absolute Gasteiger partial charge is 0.325 e. The highest BCUT2D eigenvalue weighted by atomic mass is 16.4. The number of aliphatic carboxylic acids is 1. The zero-order chi connectivity index (χ0) is 11.5. The number of rotatable bonds is 5. The van der Waals surface area contributed by atoms with Crippen molar-refractivity contribution in [2.45, 2.75) is 31.8 Å². The van der Waals surface area contributed by atoms with Crippen LogP contribution >= 0.6 is 0 Å². The fraction of sp³-hybridized carbons (Fsp3) is 0.500. The molecule has 1 fully saturated rings. The summed E-state index contributed by atoms with van der Waals surface area (Å²) in [5.74, 6) is 0.348. The number of anilines is 2. The summed E-state index contributed by atoms with van der Waals surface area (Å²) in [6.07, 6.45) is 3.75. The maximum atomic E-state index is 10.7. The monoisotopic (exact) mass is 222 g/mol. The number of aromatic nitrogens is 2. The third-order valence-corrected chi connectivity index (χ3v) is 2.33. The van der Waals surface area contributed by atoms with Crippen molar-refractivity contribution >= 4 is 17.6 Å². The molecular formula is C10H14N4O2. The fourth-order valence-corrected chi connectivity index (χ4v) is 1.24. The number of carboxylic acid groups (broad SMARTS) is 1. The molecule has 1 unspecified atom stereocenters. The summed E-state index contributed by atoms with van der Waals surface area (Å²) in [5.41, 5.74) is 0. The van der Waals surface area contributed by atoms with E-state index in [1.807, 2.05) is 0 Å². The second-order valence-corrected chi connectivity index (χ2v) is 3.91. The standard InChI is InChI=1S/C10H14N4O2/c1-6(10(15)16)13-8-4-9(12-5-11-8)14-7-2-3-7/h4-7H,2-3H2,1H3,(H,15,16)(H2,11,12,13,14). The fourth-order valence-electron chi connectivity index (χ4n) is 1.24. The zero-order valence-electron chi connectivity index (χ0n) is 8.97. The first kappa shape index (κ1) is 10.7. The van der Waals surface area contributed by atoms with Crippen molar-refractivity contribution < 1.29 is 9.90 Å². The molecule has 0 aromatic carbocycles. The molecule has 16 heavy (non-hydrogen) atoms. The molecule has 0 amide bonds. The van der Waals surface area contributed by atoms with Crippen LogP contribution in [0.3, 0.4) is 0 Å². The van der Waals surface area contributed by atoms with Crippen LogP contribution in [-0.2, 0) is 4.79 Å². The summed E-state index contributed by atoms with van der Waals surface area (Å²) >= 11 is 0. The number of hydrogen-bond donors (Lipinski definition) is 3. The van der Waals surface area contributed by atoms with Gasteiger partial charge in [-0.3, -0.25) is 4.79 Å². The third-order valence-electron chi connectivity index (χ3n) is 2.33. The Bertz CT molecular complexity index is 392. The lowest BCUT2D eigenvalue weighted by molar-refractivity contribution is -0.137. The lowest BCUT2D eigenvalue weighted by Crippen LogP contribution is -2.25. The van der Waals surface area contributed by atoms with Gasteiger partial charge in [-0.05, 0) is 19.8 Å². The predicted molar refractivity (Wildman–Crippen MR) is 59.4 cm³/mol. The van der Waals surface area contributed by atoms with Gasteiger partial charge < -0.3 is 15.7 Å². The topological polar surface area (TPSA) is 87.1 Å². The van der Waals surface area contributed by atoms with E-state index in [-0.39, 0.29) is 0 Å². The van der Waals surface area contributed by atoms with Crippen LogP contribution in [0.25, 0.3) is 0 Å². The Morgan fingerprint density at radius 2 is 2.19 bits per heavy atom. The average molecular weight is 222 g/mol. The molecule has 1 aliphatic carbocycles. The van der Waals surface area contributed by atoms with Crippen LogP contribution in [0.15, 0.2) is 12.4 Å². The van der Waals surface area contributed by atoms with E-state index < -0.39 is 12.0 Å². The van der Waals surface area contributed by atoms with Gasteiger partial charge in [0.1, 0.15) is 24.0 Å². The molecule has 0 aliphatic heterocycles. The van der Waals surface area contributed by atoms with E-state index in [1.54, 1.807) is 13.0 Å². The van der Waals surface area contributed by atoms with Gasteiger partial charge in [-0.15, -0.1) is 0 Å². The Balaban J connectivity index is 2.00. The van der Waals surface area contributed by atoms with Gasteiger partial charge in [0, 0.05) is 12.1 Å². The zero-order valence-corrected chi connectivity index (χ0v) is 8.97. The van der Waals surface area contributed by atoms with Crippen LogP contribution in [0.4, 0.5) is 11.6 Å². The predicted octanol–water partition coefficient (Wildman–Crippen LogP) is 0.936. The number of nitrogens with one attached hydrogen (secondary N) is 2. The highest BCUT2D eigenvalue weighted by molar-refractivity contribution is 5.76. The third kappa shape index (κ3) is 2.82. The highest BCUT2D eigenvalue weighted by Gasteiger charge is 2.21. The lowest BCUT2D eigenvalue weighted by atomic mass is 10.3. The second-order valence-electron chi connectivity index (χ2n) is 3.91. The Kier molecular flexibility index (Phi) is 2.89. The first-order valence-corrected chi connectivity index (χ1v) is 5.23. The molecule has 1 saturated carbocycles. The summed E-state index contributed by atoms with van der Waals surface area (Å²) in [7, 11) is 0. The van der Waals surface area contributed by atoms with Crippen molar-refractivity contribution in [3.8, 4) is 0 Å². The summed E-state index contributed by atoms with van der Waals surface area (Å²) in [6, 6.07) is 1.57. The largest absolute Gasteiger partial charge is 0.480 e. The van der Waals surface area contributed by atoms with Crippen molar-refractivity contribution in [1.29, 1.82) is 0 Å². The van der Waals surface area contributed by atoms with Gasteiger partial charge in [0.2, 0.25) is 0 Å². The summed E-state index contributed by atoms with van der Waals surface area (Å²) in [4.78, 5) is 18.7. The van der Waals surface area contributed by atoms with Crippen LogP contribution < -0.4 is 10.6 Å². The van der Waals surface area contributed by atoms with E-state index in [9.17, 15) is 4.79 Å². The van der Waals surface area contributed by atoms with E-state index in [2.05, 4.69) is 20.6 Å². The van der Waals surface area contributed by atoms with E-state index in [0.717, 1.165) is 18.7 Å². The van der Waals surface area contributed by atoms with Crippen molar-refractivity contribution in [3.05, 3.63) is 12.4 Å². The second kappa shape index (κ2) is 4.34. The van der Waals surface area contributed by atoms with E-state index in [4.69, 9.17) is 5.11 Å². The highest BCUT2D eigenvalue weighted by Crippen LogP contribution is 2.24. The van der Waals surface area contributed by atoms with Gasteiger partial charge in [0.15, 0.2) is 0 Å². The normalized spacial score (nSPS) is 16.6. The molecule has 1 aromatic heterocycles. The van der Waals surface area contributed by atoms with Gasteiger partial charge in [-0.25, -0.2) is 9.97 Å². The Morgan fingerprint density at radius 3 is 2.81 bits per heavy atom. The van der Waals surface area contributed by atoms with Crippen LogP contribution in [-0.4, -0.2) is 33.1 Å². The molecule has 1 heterocycles. The Labute approximate surface area is 93.1 Å². The average Bonchev–Trinajstić information content (AvgIpc) is 3.02. The van der Waals surface area contributed by atoms with E-state index in [1.165, 1.54) is 6.33 Å². The van der Waals surface area contributed by atoms with Crippen LogP contribution in [0, 0.1) is 0 Å². The molecule has 0 saturated heterocycles. The van der Waals surface area contributed by atoms with Crippen molar-refractivity contribution in [1.82, 2.24) is 9.97 Å². The molecule has 1 atom stereocenters. The van der Waals surface area contributed by atoms with E-state index in [0.29, 0.717) is 11.9 Å². The molecule has 6 heteroatoms. The van der Waals surface area contributed by atoms with Crippen LogP contribution in [0.1, 0.15) is 19.8 Å². The van der Waals surface area contributed by atoms with Crippen LogP contribution in [0.5, 0.6) is 0 Å². The van der Waals surface area contributed by atoms with Gasteiger partial charge in [0.25, 0.3) is 0 Å². The molecular weight excluding hydrogens is 208 g/mol. The molecule has 0 bridgehead atoms. The number of nitrogens with zero attached hydrogens (tertiary/aromatic N) is 2. The minimum Gasteiger partial charge on any atom is -0.480 e. The number of hydrogen-bond acceptors (Lipinski definition) is 5. The Morgan fingerprint density at radius 1 is 1.50 bits per heavy atom. The summed E-state index contributed by atoms with van der Waals surface area (Å²) < 4.78 is 0. The van der Waals surface area contributed by atoms with Gasteiger partial charge >= 0.3 is 5.97 Å². The minimum absolute atomic E-state index is 0.514. The summed E-state index contributed by atoms with van der Waals surface area (Å²) in [5, 5.41) is 14.8. The first-order chi connectivity index (χ1) is 7.65.